The number of carbonyl (C=O) groups is 1. The third-order valence-electron chi connectivity index (χ3n) is 3.45. The van der Waals surface area contributed by atoms with E-state index in [0.29, 0.717) is 18.5 Å². The van der Waals surface area contributed by atoms with Gasteiger partial charge >= 0.3 is 0 Å². The van der Waals surface area contributed by atoms with Gasteiger partial charge in [-0.15, -0.1) is 6.42 Å². The van der Waals surface area contributed by atoms with Crippen molar-refractivity contribution in [2.45, 2.75) is 31.3 Å². The molecule has 0 radical (unpaired) electrons. The molecule has 0 heterocycles. The average molecular weight is 257 g/mol. The Labute approximate surface area is 113 Å². The topological polar surface area (TPSA) is 81.1 Å². The highest BCUT2D eigenvalue weighted by molar-refractivity contribution is 5.92. The molecule has 2 atom stereocenters. The molecule has 1 aliphatic rings. The third-order valence-corrected chi connectivity index (χ3v) is 3.45. The number of carbonyl (C=O) groups excluding carboxylic acids is 1. The van der Waals surface area contributed by atoms with E-state index in [4.69, 9.17) is 17.9 Å². The lowest BCUT2D eigenvalue weighted by Gasteiger charge is -2.30. The van der Waals surface area contributed by atoms with Gasteiger partial charge in [-0.3, -0.25) is 4.79 Å². The highest BCUT2D eigenvalue weighted by Crippen LogP contribution is 2.24. The summed E-state index contributed by atoms with van der Waals surface area (Å²) in [4.78, 5) is 12.2. The van der Waals surface area contributed by atoms with Gasteiger partial charge in [0, 0.05) is 29.3 Å². The van der Waals surface area contributed by atoms with Crippen LogP contribution in [0.3, 0.4) is 0 Å². The zero-order valence-corrected chi connectivity index (χ0v) is 10.8. The minimum Gasteiger partial charge on any atom is -0.328 e. The van der Waals surface area contributed by atoms with Gasteiger partial charge < -0.3 is 16.8 Å². The summed E-state index contributed by atoms with van der Waals surface area (Å²) in [5.74, 6) is 2.40. The molecule has 1 amide bonds. The van der Waals surface area contributed by atoms with Crippen LogP contribution < -0.4 is 16.8 Å². The van der Waals surface area contributed by atoms with E-state index in [1.54, 1.807) is 6.07 Å². The molecule has 4 heteroatoms. The molecule has 0 aliphatic heterocycles. The first-order valence-electron chi connectivity index (χ1n) is 6.47. The van der Waals surface area contributed by atoms with Crippen molar-refractivity contribution in [2.75, 3.05) is 5.32 Å². The highest BCUT2D eigenvalue weighted by atomic mass is 16.1. The minimum atomic E-state index is -0.117. The van der Waals surface area contributed by atoms with Gasteiger partial charge in [0.2, 0.25) is 5.91 Å². The van der Waals surface area contributed by atoms with Gasteiger partial charge in [-0.05, 0) is 37.5 Å². The molecule has 0 bridgehead atoms. The Morgan fingerprint density at radius 1 is 1.26 bits per heavy atom. The summed E-state index contributed by atoms with van der Waals surface area (Å²) in [5, 5.41) is 2.88. The summed E-state index contributed by atoms with van der Waals surface area (Å²) in [6.45, 7) is 0. The number of terminal acetylenes is 1. The molecule has 1 aromatic carbocycles. The standard InChI is InChI=1S/C15H19N3O/c1-2-10-4-3-5-14(6-10)18-15(19)11-7-12(16)9-13(17)8-11/h1,3-6,11-13H,7-9,16-17H2,(H,18,19). The Hall–Kier alpha value is -1.83. The van der Waals surface area contributed by atoms with Crippen molar-refractivity contribution in [1.29, 1.82) is 0 Å². The number of rotatable bonds is 2. The fourth-order valence-corrected chi connectivity index (χ4v) is 2.55. The molecule has 2 unspecified atom stereocenters. The summed E-state index contributed by atoms with van der Waals surface area (Å²) in [5.41, 5.74) is 13.3. The molecule has 19 heavy (non-hydrogen) atoms. The Morgan fingerprint density at radius 2 is 1.95 bits per heavy atom. The summed E-state index contributed by atoms with van der Waals surface area (Å²) in [6.07, 6.45) is 7.50. The van der Waals surface area contributed by atoms with Crippen molar-refractivity contribution in [3.8, 4) is 12.3 Å². The van der Waals surface area contributed by atoms with Crippen LogP contribution in [0.4, 0.5) is 5.69 Å². The number of hydrogen-bond donors (Lipinski definition) is 3. The number of hydrogen-bond acceptors (Lipinski definition) is 3. The van der Waals surface area contributed by atoms with E-state index in [1.165, 1.54) is 0 Å². The van der Waals surface area contributed by atoms with Gasteiger partial charge in [-0.2, -0.15) is 0 Å². The van der Waals surface area contributed by atoms with E-state index in [9.17, 15) is 4.79 Å². The lowest BCUT2D eigenvalue weighted by atomic mass is 9.82. The first-order valence-corrected chi connectivity index (χ1v) is 6.47. The van der Waals surface area contributed by atoms with E-state index in [0.717, 1.165) is 12.0 Å². The Morgan fingerprint density at radius 3 is 2.58 bits per heavy atom. The molecule has 1 fully saturated rings. The first-order chi connectivity index (χ1) is 9.08. The Bertz CT molecular complexity index is 496. The van der Waals surface area contributed by atoms with Crippen LogP contribution in [0.15, 0.2) is 24.3 Å². The maximum absolute atomic E-state index is 12.2. The molecule has 5 N–H and O–H groups in total. The molecule has 0 spiro atoms. The molecular weight excluding hydrogens is 238 g/mol. The van der Waals surface area contributed by atoms with Crippen molar-refractivity contribution in [3.05, 3.63) is 29.8 Å². The number of nitrogens with one attached hydrogen (secondary N) is 1. The fraction of sp³-hybridized carbons (Fsp3) is 0.400. The zero-order valence-electron chi connectivity index (χ0n) is 10.8. The second-order valence-electron chi connectivity index (χ2n) is 5.14. The van der Waals surface area contributed by atoms with Crippen molar-refractivity contribution in [3.63, 3.8) is 0 Å². The van der Waals surface area contributed by atoms with Gasteiger partial charge in [0.25, 0.3) is 0 Å². The minimum absolute atomic E-state index is 0.0107. The first kappa shape index (κ1) is 13.6. The van der Waals surface area contributed by atoms with Gasteiger partial charge in [0.05, 0.1) is 0 Å². The molecule has 0 aromatic heterocycles. The quantitative estimate of drug-likeness (QED) is 0.693. The molecule has 1 aromatic rings. The van der Waals surface area contributed by atoms with Gasteiger partial charge in [0.1, 0.15) is 0 Å². The van der Waals surface area contributed by atoms with Crippen LogP contribution in [0.2, 0.25) is 0 Å². The van der Waals surface area contributed by atoms with Crippen LogP contribution in [0, 0.1) is 18.3 Å². The van der Waals surface area contributed by atoms with Crippen LogP contribution >= 0.6 is 0 Å². The number of benzene rings is 1. The highest BCUT2D eigenvalue weighted by Gasteiger charge is 2.29. The Balaban J connectivity index is 2.02. The summed E-state index contributed by atoms with van der Waals surface area (Å²) in [7, 11) is 0. The van der Waals surface area contributed by atoms with Crippen molar-refractivity contribution >= 4 is 11.6 Å². The predicted octanol–water partition coefficient (Wildman–Crippen LogP) is 1.06. The zero-order chi connectivity index (χ0) is 13.8. The van der Waals surface area contributed by atoms with Crippen molar-refractivity contribution in [1.82, 2.24) is 0 Å². The lowest BCUT2D eigenvalue weighted by Crippen LogP contribution is -2.43. The summed E-state index contributed by atoms with van der Waals surface area (Å²) in [6, 6.07) is 7.26. The van der Waals surface area contributed by atoms with Crippen LogP contribution in [0.25, 0.3) is 0 Å². The maximum Gasteiger partial charge on any atom is 0.227 e. The SMILES string of the molecule is C#Cc1cccc(NC(=O)C2CC(N)CC(N)C2)c1. The number of amides is 1. The van der Waals surface area contributed by atoms with E-state index in [-0.39, 0.29) is 23.9 Å². The molecule has 4 nitrogen and oxygen atoms in total. The van der Waals surface area contributed by atoms with E-state index < -0.39 is 0 Å². The maximum atomic E-state index is 12.2. The molecule has 0 saturated heterocycles. The van der Waals surface area contributed by atoms with Crippen LogP contribution in [0.5, 0.6) is 0 Å². The van der Waals surface area contributed by atoms with E-state index >= 15 is 0 Å². The monoisotopic (exact) mass is 257 g/mol. The Kier molecular flexibility index (Phi) is 4.20. The summed E-state index contributed by atoms with van der Waals surface area (Å²) >= 11 is 0. The second kappa shape index (κ2) is 5.87. The van der Waals surface area contributed by atoms with Crippen LogP contribution in [0.1, 0.15) is 24.8 Å². The normalized spacial score (nSPS) is 26.5. The van der Waals surface area contributed by atoms with Crippen LogP contribution in [-0.4, -0.2) is 18.0 Å². The van der Waals surface area contributed by atoms with Crippen LogP contribution in [-0.2, 0) is 4.79 Å². The molecule has 1 saturated carbocycles. The third kappa shape index (κ3) is 3.57. The molecule has 100 valence electrons. The predicted molar refractivity (Wildman–Crippen MR) is 76.3 cm³/mol. The van der Waals surface area contributed by atoms with E-state index in [1.807, 2.05) is 18.2 Å². The lowest BCUT2D eigenvalue weighted by molar-refractivity contribution is -0.121. The van der Waals surface area contributed by atoms with Crippen molar-refractivity contribution < 1.29 is 4.79 Å². The van der Waals surface area contributed by atoms with Crippen molar-refractivity contribution in [2.24, 2.45) is 17.4 Å². The molecular formula is C15H19N3O. The fourth-order valence-electron chi connectivity index (χ4n) is 2.55. The smallest absolute Gasteiger partial charge is 0.227 e. The van der Waals surface area contributed by atoms with Gasteiger partial charge in [0.15, 0.2) is 0 Å². The summed E-state index contributed by atoms with van der Waals surface area (Å²) < 4.78 is 0. The number of anilines is 1. The molecule has 1 aliphatic carbocycles. The van der Waals surface area contributed by atoms with E-state index in [2.05, 4.69) is 11.2 Å². The second-order valence-corrected chi connectivity index (χ2v) is 5.14. The largest absolute Gasteiger partial charge is 0.328 e. The van der Waals surface area contributed by atoms with Gasteiger partial charge in [-0.25, -0.2) is 0 Å². The number of nitrogens with two attached hydrogens (primary N) is 2. The van der Waals surface area contributed by atoms with Gasteiger partial charge in [-0.1, -0.05) is 12.0 Å². The average Bonchev–Trinajstić information content (AvgIpc) is 2.37. The molecule has 2 rings (SSSR count).